The summed E-state index contributed by atoms with van der Waals surface area (Å²) in [5.41, 5.74) is 3.76. The van der Waals surface area contributed by atoms with Gasteiger partial charge in [0.25, 0.3) is 0 Å². The summed E-state index contributed by atoms with van der Waals surface area (Å²) in [7, 11) is 0. The highest BCUT2D eigenvalue weighted by Crippen LogP contribution is 2.25. The number of H-pyrrole nitrogens is 1. The molecule has 1 aliphatic rings. The maximum absolute atomic E-state index is 8.88. The minimum Gasteiger partial charge on any atom is -0.491 e. The first-order chi connectivity index (χ1) is 12.8. The van der Waals surface area contributed by atoms with Crippen molar-refractivity contribution in [2.24, 2.45) is 5.92 Å². The van der Waals surface area contributed by atoms with Gasteiger partial charge in [0.15, 0.2) is 0 Å². The zero-order valence-corrected chi connectivity index (χ0v) is 14.9. The first-order valence-electron chi connectivity index (χ1n) is 9.27. The number of ether oxygens (including phenoxy) is 1. The summed E-state index contributed by atoms with van der Waals surface area (Å²) in [5, 5.41) is 17.2. The topological polar surface area (TPSA) is 61.4 Å². The van der Waals surface area contributed by atoms with Crippen LogP contribution in [0.5, 0.6) is 5.75 Å². The summed E-state index contributed by atoms with van der Waals surface area (Å²) in [6.07, 6.45) is 4.26. The Balaban J connectivity index is 1.33. The summed E-state index contributed by atoms with van der Waals surface area (Å²) in [5.74, 6) is 1.54. The van der Waals surface area contributed by atoms with Gasteiger partial charge >= 0.3 is 0 Å². The van der Waals surface area contributed by atoms with E-state index in [-0.39, 0.29) is 6.61 Å². The third kappa shape index (κ3) is 4.06. The van der Waals surface area contributed by atoms with E-state index in [0.717, 1.165) is 37.3 Å². The molecule has 3 aromatic rings. The first-order valence-corrected chi connectivity index (χ1v) is 9.27. The lowest BCUT2D eigenvalue weighted by atomic mass is 9.98. The molecule has 0 unspecified atom stereocenters. The number of hydrogen-bond acceptors (Lipinski definition) is 4. The summed E-state index contributed by atoms with van der Waals surface area (Å²) < 4.78 is 5.51. The average Bonchev–Trinajstić information content (AvgIpc) is 3.29. The second kappa shape index (κ2) is 7.89. The quantitative estimate of drug-likeness (QED) is 0.687. The number of rotatable bonds is 7. The van der Waals surface area contributed by atoms with Gasteiger partial charge in [0, 0.05) is 18.5 Å². The van der Waals surface area contributed by atoms with E-state index in [9.17, 15) is 0 Å². The normalized spacial score (nSPS) is 17.8. The monoisotopic (exact) mass is 351 g/mol. The molecular weight excluding hydrogens is 326 g/mol. The molecule has 5 nitrogen and oxygen atoms in total. The number of aromatic amines is 1. The molecule has 136 valence electrons. The Bertz CT molecular complexity index is 861. The summed E-state index contributed by atoms with van der Waals surface area (Å²) >= 11 is 0. The second-order valence-corrected chi connectivity index (χ2v) is 7.11. The van der Waals surface area contributed by atoms with Crippen molar-refractivity contribution < 1.29 is 9.84 Å². The lowest BCUT2D eigenvalue weighted by Crippen LogP contribution is -2.20. The maximum Gasteiger partial charge on any atom is 0.119 e. The fourth-order valence-corrected chi connectivity index (χ4v) is 3.83. The molecule has 1 saturated heterocycles. The van der Waals surface area contributed by atoms with Gasteiger partial charge < -0.3 is 9.84 Å². The summed E-state index contributed by atoms with van der Waals surface area (Å²) in [4.78, 5) is 2.52. The maximum atomic E-state index is 8.88. The number of aliphatic hydroxyl groups excluding tert-OH is 1. The van der Waals surface area contributed by atoms with Crippen LogP contribution in [-0.2, 0) is 13.0 Å². The van der Waals surface area contributed by atoms with Gasteiger partial charge in [-0.1, -0.05) is 18.2 Å². The predicted molar refractivity (Wildman–Crippen MR) is 102 cm³/mol. The third-order valence-corrected chi connectivity index (χ3v) is 5.06. The molecule has 0 saturated carbocycles. The smallest absolute Gasteiger partial charge is 0.119 e. The van der Waals surface area contributed by atoms with Crippen LogP contribution in [0.25, 0.3) is 10.9 Å². The molecule has 2 aromatic carbocycles. The number of likely N-dealkylation sites (tertiary alicyclic amines) is 1. The van der Waals surface area contributed by atoms with Crippen molar-refractivity contribution in [2.75, 3.05) is 26.3 Å². The molecular formula is C21H25N3O2. The number of nitrogens with zero attached hydrogens (tertiary/aromatic N) is 2. The molecule has 2 heterocycles. The fourth-order valence-electron chi connectivity index (χ4n) is 3.83. The summed E-state index contributed by atoms with van der Waals surface area (Å²) in [6, 6.07) is 14.8. The Morgan fingerprint density at radius 1 is 1.19 bits per heavy atom. The molecule has 0 radical (unpaired) electrons. The third-order valence-electron chi connectivity index (χ3n) is 5.06. The van der Waals surface area contributed by atoms with Crippen LogP contribution >= 0.6 is 0 Å². The predicted octanol–water partition coefficient (Wildman–Crippen LogP) is 3.00. The minimum atomic E-state index is 0.0443. The second-order valence-electron chi connectivity index (χ2n) is 7.11. The van der Waals surface area contributed by atoms with Gasteiger partial charge in [0.1, 0.15) is 12.4 Å². The van der Waals surface area contributed by atoms with Gasteiger partial charge in [0.2, 0.25) is 0 Å². The van der Waals surface area contributed by atoms with Gasteiger partial charge in [-0.3, -0.25) is 10.00 Å². The van der Waals surface area contributed by atoms with Crippen LogP contribution < -0.4 is 4.74 Å². The molecule has 0 aliphatic carbocycles. The summed E-state index contributed by atoms with van der Waals surface area (Å²) in [6.45, 7) is 3.61. The van der Waals surface area contributed by atoms with Crippen molar-refractivity contribution >= 4 is 10.9 Å². The van der Waals surface area contributed by atoms with E-state index < -0.39 is 0 Å². The van der Waals surface area contributed by atoms with Crippen LogP contribution in [-0.4, -0.2) is 46.5 Å². The van der Waals surface area contributed by atoms with Crippen molar-refractivity contribution in [3.05, 3.63) is 59.8 Å². The van der Waals surface area contributed by atoms with E-state index in [0.29, 0.717) is 12.5 Å². The molecule has 0 amide bonds. The molecule has 26 heavy (non-hydrogen) atoms. The standard InChI is InChI=1S/C21H25N3O2/c25-8-9-26-20-3-1-2-17(12-20)14-24-7-6-18(15-24)10-16-4-5-21-19(11-16)13-22-23-21/h1-5,11-13,18,25H,6-10,14-15H2,(H,22,23)/t18-/m1/s1. The first kappa shape index (κ1) is 17.1. The van der Waals surface area contributed by atoms with E-state index in [4.69, 9.17) is 9.84 Å². The molecule has 1 aliphatic heterocycles. The van der Waals surface area contributed by atoms with Crippen LogP contribution in [0, 0.1) is 5.92 Å². The fraction of sp³-hybridized carbons (Fsp3) is 0.381. The molecule has 0 bridgehead atoms. The van der Waals surface area contributed by atoms with Gasteiger partial charge in [-0.15, -0.1) is 0 Å². The Hall–Kier alpha value is -2.37. The Kier molecular flexibility index (Phi) is 5.18. The van der Waals surface area contributed by atoms with Crippen LogP contribution in [0.3, 0.4) is 0 Å². The zero-order chi connectivity index (χ0) is 17.8. The average molecular weight is 351 g/mol. The minimum absolute atomic E-state index is 0.0443. The SMILES string of the molecule is OCCOc1cccc(CN2CC[C@H](Cc3ccc4[nH]ncc4c3)C2)c1. The van der Waals surface area contributed by atoms with E-state index in [1.54, 1.807) is 0 Å². The lowest BCUT2D eigenvalue weighted by molar-refractivity contribution is 0.201. The van der Waals surface area contributed by atoms with Crippen LogP contribution in [0.15, 0.2) is 48.7 Å². The molecule has 0 spiro atoms. The van der Waals surface area contributed by atoms with E-state index in [2.05, 4.69) is 45.4 Å². The van der Waals surface area contributed by atoms with Crippen LogP contribution in [0.1, 0.15) is 17.5 Å². The van der Waals surface area contributed by atoms with Crippen LogP contribution in [0.4, 0.5) is 0 Å². The largest absolute Gasteiger partial charge is 0.491 e. The van der Waals surface area contributed by atoms with E-state index in [1.807, 2.05) is 18.3 Å². The highest BCUT2D eigenvalue weighted by molar-refractivity contribution is 5.78. The highest BCUT2D eigenvalue weighted by atomic mass is 16.5. The Morgan fingerprint density at radius 3 is 3.08 bits per heavy atom. The van der Waals surface area contributed by atoms with Gasteiger partial charge in [-0.25, -0.2) is 0 Å². The number of fused-ring (bicyclic) bond motifs is 1. The molecule has 4 rings (SSSR count). The number of hydrogen-bond donors (Lipinski definition) is 2. The number of aliphatic hydroxyl groups is 1. The van der Waals surface area contributed by atoms with Crippen molar-refractivity contribution in [3.63, 3.8) is 0 Å². The molecule has 1 aromatic heterocycles. The Morgan fingerprint density at radius 2 is 2.15 bits per heavy atom. The van der Waals surface area contributed by atoms with Crippen molar-refractivity contribution in [1.82, 2.24) is 15.1 Å². The number of benzene rings is 2. The van der Waals surface area contributed by atoms with E-state index >= 15 is 0 Å². The molecule has 2 N–H and O–H groups in total. The Labute approximate surface area is 153 Å². The molecule has 1 fully saturated rings. The van der Waals surface area contributed by atoms with Gasteiger partial charge in [-0.05, 0) is 60.7 Å². The van der Waals surface area contributed by atoms with Crippen molar-refractivity contribution in [2.45, 2.75) is 19.4 Å². The van der Waals surface area contributed by atoms with Crippen molar-refractivity contribution in [3.8, 4) is 5.75 Å². The van der Waals surface area contributed by atoms with Crippen LogP contribution in [0.2, 0.25) is 0 Å². The lowest BCUT2D eigenvalue weighted by Gasteiger charge is -2.17. The number of nitrogens with one attached hydrogen (secondary N) is 1. The zero-order valence-electron chi connectivity index (χ0n) is 14.9. The molecule has 5 heteroatoms. The highest BCUT2D eigenvalue weighted by Gasteiger charge is 2.22. The van der Waals surface area contributed by atoms with Crippen molar-refractivity contribution in [1.29, 1.82) is 0 Å². The van der Waals surface area contributed by atoms with Gasteiger partial charge in [0.05, 0.1) is 18.3 Å². The van der Waals surface area contributed by atoms with E-state index in [1.165, 1.54) is 22.9 Å². The number of aromatic nitrogens is 2. The molecule has 1 atom stereocenters. The van der Waals surface area contributed by atoms with Gasteiger partial charge in [-0.2, -0.15) is 5.10 Å².